The Kier molecular flexibility index (Phi) is 6.31. The van der Waals surface area contributed by atoms with Crippen LogP contribution in [0.4, 0.5) is 5.69 Å². The fourth-order valence-electron chi connectivity index (χ4n) is 1.73. The van der Waals surface area contributed by atoms with E-state index in [4.69, 9.17) is 0 Å². The number of nitrogens with one attached hydrogen (secondary N) is 1. The van der Waals surface area contributed by atoms with E-state index in [-0.39, 0.29) is 11.6 Å². The number of benzene rings is 2. The lowest BCUT2D eigenvalue weighted by Gasteiger charge is -2.01. The van der Waals surface area contributed by atoms with Gasteiger partial charge in [0.15, 0.2) is 0 Å². The fourth-order valence-corrected chi connectivity index (χ4v) is 2.51. The molecule has 2 aromatic carbocycles. The lowest BCUT2D eigenvalue weighted by atomic mass is 10.2. The normalized spacial score (nSPS) is 10.6. The first kappa shape index (κ1) is 16.7. The minimum absolute atomic E-state index is 0.0171. The van der Waals surface area contributed by atoms with Crippen LogP contribution in [-0.2, 0) is 10.5 Å². The van der Waals surface area contributed by atoms with Gasteiger partial charge in [0.1, 0.15) is 0 Å². The number of hydrogen-bond acceptors (Lipinski definition) is 5. The summed E-state index contributed by atoms with van der Waals surface area (Å²) in [5.74, 6) is 0.886. The fraction of sp³-hybridized carbons (Fsp3) is 0.125. The Morgan fingerprint density at radius 1 is 1.17 bits per heavy atom. The Morgan fingerprint density at radius 2 is 1.87 bits per heavy atom. The van der Waals surface area contributed by atoms with Crippen LogP contribution in [0.2, 0.25) is 0 Å². The van der Waals surface area contributed by atoms with Crippen molar-refractivity contribution in [1.29, 1.82) is 0 Å². The number of rotatable bonds is 7. The van der Waals surface area contributed by atoms with E-state index >= 15 is 0 Å². The predicted molar refractivity (Wildman–Crippen MR) is 91.4 cm³/mol. The first-order valence-corrected chi connectivity index (χ1v) is 7.98. The highest BCUT2D eigenvalue weighted by molar-refractivity contribution is 7.99. The molecule has 118 valence electrons. The van der Waals surface area contributed by atoms with E-state index in [1.54, 1.807) is 12.1 Å². The highest BCUT2D eigenvalue weighted by atomic mass is 32.2. The van der Waals surface area contributed by atoms with E-state index in [0.29, 0.717) is 11.3 Å². The SMILES string of the molecule is O=C(CSCc1ccccc1)NN=Cc1ccc([N+](=O)[O-])cc1. The molecule has 7 heteroatoms. The van der Waals surface area contributed by atoms with Crippen molar-refractivity contribution in [2.75, 3.05) is 5.75 Å². The van der Waals surface area contributed by atoms with Crippen LogP contribution in [0.25, 0.3) is 0 Å². The van der Waals surface area contributed by atoms with Gasteiger partial charge in [0, 0.05) is 17.9 Å². The van der Waals surface area contributed by atoms with Gasteiger partial charge in [0.25, 0.3) is 5.69 Å². The number of nitro benzene ring substituents is 1. The highest BCUT2D eigenvalue weighted by Gasteiger charge is 2.03. The van der Waals surface area contributed by atoms with Gasteiger partial charge in [0.05, 0.1) is 16.9 Å². The maximum Gasteiger partial charge on any atom is 0.269 e. The van der Waals surface area contributed by atoms with Gasteiger partial charge in [-0.05, 0) is 23.3 Å². The number of carbonyl (C=O) groups excluding carboxylic acids is 1. The zero-order valence-corrected chi connectivity index (χ0v) is 13.0. The van der Waals surface area contributed by atoms with Crippen LogP contribution in [0.1, 0.15) is 11.1 Å². The summed E-state index contributed by atoms with van der Waals surface area (Å²) in [7, 11) is 0. The van der Waals surface area contributed by atoms with Crippen molar-refractivity contribution in [1.82, 2.24) is 5.43 Å². The lowest BCUT2D eigenvalue weighted by Crippen LogP contribution is -2.19. The van der Waals surface area contributed by atoms with Gasteiger partial charge in [-0.15, -0.1) is 11.8 Å². The molecule has 0 saturated heterocycles. The van der Waals surface area contributed by atoms with Gasteiger partial charge in [-0.25, -0.2) is 5.43 Å². The molecule has 6 nitrogen and oxygen atoms in total. The first-order chi connectivity index (χ1) is 11.1. The van der Waals surface area contributed by atoms with Crippen LogP contribution in [-0.4, -0.2) is 22.8 Å². The van der Waals surface area contributed by atoms with Crippen molar-refractivity contribution in [2.45, 2.75) is 5.75 Å². The number of nitrogens with zero attached hydrogens (tertiary/aromatic N) is 2. The molecule has 2 aromatic rings. The highest BCUT2D eigenvalue weighted by Crippen LogP contribution is 2.11. The Morgan fingerprint density at radius 3 is 2.52 bits per heavy atom. The Bertz CT molecular complexity index is 687. The van der Waals surface area contributed by atoms with Crippen LogP contribution in [0, 0.1) is 10.1 Å². The van der Waals surface area contributed by atoms with Crippen molar-refractivity contribution in [2.24, 2.45) is 5.10 Å². The Balaban J connectivity index is 1.72. The second-order valence-corrected chi connectivity index (χ2v) is 5.61. The molecular formula is C16H15N3O3S. The molecule has 0 heterocycles. The molecule has 23 heavy (non-hydrogen) atoms. The molecule has 0 spiro atoms. The maximum atomic E-state index is 11.6. The van der Waals surface area contributed by atoms with Crippen LogP contribution in [0.5, 0.6) is 0 Å². The van der Waals surface area contributed by atoms with Crippen molar-refractivity contribution in [3.63, 3.8) is 0 Å². The van der Waals surface area contributed by atoms with E-state index < -0.39 is 4.92 Å². The third kappa shape index (κ3) is 5.91. The van der Waals surface area contributed by atoms with Gasteiger partial charge >= 0.3 is 0 Å². The van der Waals surface area contributed by atoms with Crippen LogP contribution in [0.15, 0.2) is 59.7 Å². The van der Waals surface area contributed by atoms with Gasteiger partial charge in [-0.2, -0.15) is 5.10 Å². The summed E-state index contributed by atoms with van der Waals surface area (Å²) in [5.41, 5.74) is 4.29. The molecule has 0 bridgehead atoms. The number of non-ortho nitro benzene ring substituents is 1. The lowest BCUT2D eigenvalue weighted by molar-refractivity contribution is -0.384. The zero-order chi connectivity index (χ0) is 16.5. The standard InChI is InChI=1S/C16H15N3O3S/c20-16(12-23-11-14-4-2-1-3-5-14)18-17-10-13-6-8-15(9-7-13)19(21)22/h1-10H,11-12H2,(H,18,20). The summed E-state index contributed by atoms with van der Waals surface area (Å²) in [5, 5.41) is 14.4. The third-order valence-electron chi connectivity index (χ3n) is 2.85. The molecule has 0 saturated carbocycles. The summed E-state index contributed by atoms with van der Waals surface area (Å²) >= 11 is 1.50. The summed E-state index contributed by atoms with van der Waals surface area (Å²) in [4.78, 5) is 21.7. The Labute approximate surface area is 137 Å². The summed E-state index contributed by atoms with van der Waals surface area (Å²) < 4.78 is 0. The molecule has 0 aliphatic rings. The van der Waals surface area contributed by atoms with Crippen LogP contribution >= 0.6 is 11.8 Å². The molecule has 0 atom stereocenters. The zero-order valence-electron chi connectivity index (χ0n) is 12.2. The van der Waals surface area contributed by atoms with E-state index in [9.17, 15) is 14.9 Å². The van der Waals surface area contributed by atoms with E-state index in [1.165, 1.54) is 35.7 Å². The summed E-state index contributed by atoms with van der Waals surface area (Å²) in [6, 6.07) is 15.8. The topological polar surface area (TPSA) is 84.6 Å². The molecule has 0 radical (unpaired) electrons. The van der Waals surface area contributed by atoms with Crippen LogP contribution in [0.3, 0.4) is 0 Å². The smallest absolute Gasteiger partial charge is 0.269 e. The number of hydrazone groups is 1. The molecular weight excluding hydrogens is 314 g/mol. The van der Waals surface area contributed by atoms with Crippen molar-refractivity contribution in [3.05, 3.63) is 75.8 Å². The van der Waals surface area contributed by atoms with Crippen molar-refractivity contribution >= 4 is 29.6 Å². The van der Waals surface area contributed by atoms with Gasteiger partial charge < -0.3 is 0 Å². The average Bonchev–Trinajstić information content (AvgIpc) is 2.56. The molecule has 0 aliphatic carbocycles. The maximum absolute atomic E-state index is 11.6. The average molecular weight is 329 g/mol. The molecule has 2 rings (SSSR count). The van der Waals surface area contributed by atoms with E-state index in [2.05, 4.69) is 10.5 Å². The minimum Gasteiger partial charge on any atom is -0.272 e. The number of amides is 1. The predicted octanol–water partition coefficient (Wildman–Crippen LogP) is 2.98. The first-order valence-electron chi connectivity index (χ1n) is 6.83. The number of hydrogen-bond donors (Lipinski definition) is 1. The number of thioether (sulfide) groups is 1. The molecule has 0 unspecified atom stereocenters. The van der Waals surface area contributed by atoms with Gasteiger partial charge in [-0.3, -0.25) is 14.9 Å². The molecule has 0 aromatic heterocycles. The molecule has 1 N–H and O–H groups in total. The van der Waals surface area contributed by atoms with Gasteiger partial charge in [0.2, 0.25) is 5.91 Å². The third-order valence-corrected chi connectivity index (χ3v) is 3.86. The van der Waals surface area contributed by atoms with E-state index in [1.807, 2.05) is 30.3 Å². The van der Waals surface area contributed by atoms with Crippen molar-refractivity contribution < 1.29 is 9.72 Å². The summed E-state index contributed by atoms with van der Waals surface area (Å²) in [6.45, 7) is 0. The molecule has 0 fully saturated rings. The second kappa shape index (κ2) is 8.70. The van der Waals surface area contributed by atoms with Crippen molar-refractivity contribution in [3.8, 4) is 0 Å². The van der Waals surface area contributed by atoms with E-state index in [0.717, 1.165) is 5.75 Å². The largest absolute Gasteiger partial charge is 0.272 e. The van der Waals surface area contributed by atoms with Gasteiger partial charge in [-0.1, -0.05) is 30.3 Å². The second-order valence-electron chi connectivity index (χ2n) is 4.62. The number of carbonyl (C=O) groups is 1. The number of nitro groups is 1. The minimum atomic E-state index is -0.466. The molecule has 0 aliphatic heterocycles. The summed E-state index contributed by atoms with van der Waals surface area (Å²) in [6.07, 6.45) is 1.45. The Hall–Kier alpha value is -2.67. The van der Waals surface area contributed by atoms with Crippen LogP contribution < -0.4 is 5.43 Å². The molecule has 1 amide bonds. The quantitative estimate of drug-likeness (QED) is 0.481. The monoisotopic (exact) mass is 329 g/mol.